The van der Waals surface area contributed by atoms with E-state index in [9.17, 15) is 14.0 Å². The Balaban J connectivity index is 1.39. The fourth-order valence-electron chi connectivity index (χ4n) is 4.27. The topological polar surface area (TPSA) is 69.3 Å². The summed E-state index contributed by atoms with van der Waals surface area (Å²) in [6, 6.07) is 7.99. The minimum Gasteiger partial charge on any atom is -0.337 e. The van der Waals surface area contributed by atoms with E-state index in [-0.39, 0.29) is 29.5 Å². The molecule has 2 aliphatic rings. The van der Waals surface area contributed by atoms with Crippen LogP contribution in [0.15, 0.2) is 48.7 Å². The number of allylic oxidation sites excluding steroid dienone is 1. The van der Waals surface area contributed by atoms with Crippen molar-refractivity contribution in [1.29, 1.82) is 0 Å². The summed E-state index contributed by atoms with van der Waals surface area (Å²) < 4.78 is 13.2. The number of hydrogen-bond donors (Lipinski definition) is 1. The smallest absolute Gasteiger partial charge is 0.271 e. The number of nitrogens with zero attached hydrogens (tertiary/aromatic N) is 3. The molecule has 4 rings (SSSR count). The molecule has 0 saturated carbocycles. The van der Waals surface area contributed by atoms with Gasteiger partial charge in [0.05, 0.1) is 0 Å². The van der Waals surface area contributed by atoms with Crippen LogP contribution in [0, 0.1) is 17.7 Å². The number of nitrogens with one attached hydrogen (secondary N) is 1. The van der Waals surface area contributed by atoms with Gasteiger partial charge in [-0.3, -0.25) is 14.7 Å². The molecule has 0 bridgehead atoms. The molecule has 152 valence electrons. The molecular weight excluding hydrogens is 371 g/mol. The van der Waals surface area contributed by atoms with Crippen molar-refractivity contribution < 1.29 is 14.0 Å². The van der Waals surface area contributed by atoms with Gasteiger partial charge in [-0.25, -0.2) is 4.39 Å². The molecule has 2 aromatic rings. The first-order valence-electron chi connectivity index (χ1n) is 10.1. The van der Waals surface area contributed by atoms with E-state index in [4.69, 9.17) is 0 Å². The highest BCUT2D eigenvalue weighted by atomic mass is 19.1. The van der Waals surface area contributed by atoms with E-state index in [2.05, 4.69) is 16.3 Å². The molecule has 0 radical (unpaired) electrons. The van der Waals surface area contributed by atoms with Crippen LogP contribution in [-0.4, -0.2) is 51.4 Å². The van der Waals surface area contributed by atoms with E-state index >= 15 is 0 Å². The summed E-state index contributed by atoms with van der Waals surface area (Å²) in [4.78, 5) is 29.4. The van der Waals surface area contributed by atoms with E-state index in [1.807, 2.05) is 15.9 Å². The number of H-pyrrole nitrogens is 1. The summed E-state index contributed by atoms with van der Waals surface area (Å²) >= 11 is 0. The normalized spacial score (nSPS) is 20.7. The minimum atomic E-state index is -0.273. The zero-order chi connectivity index (χ0) is 20.2. The van der Waals surface area contributed by atoms with Crippen molar-refractivity contribution in [3.05, 3.63) is 65.8 Å². The van der Waals surface area contributed by atoms with Crippen molar-refractivity contribution in [2.75, 3.05) is 19.6 Å². The highest BCUT2D eigenvalue weighted by molar-refractivity contribution is 5.92. The lowest BCUT2D eigenvalue weighted by Gasteiger charge is -2.36. The Morgan fingerprint density at radius 2 is 1.90 bits per heavy atom. The number of carbonyl (C=O) groups excluding carboxylic acids is 2. The molecule has 0 aliphatic carbocycles. The third-order valence-corrected chi connectivity index (χ3v) is 5.93. The maximum Gasteiger partial charge on any atom is 0.271 e. The summed E-state index contributed by atoms with van der Waals surface area (Å²) in [5, 5.41) is 6.57. The lowest BCUT2D eigenvalue weighted by atomic mass is 9.81. The van der Waals surface area contributed by atoms with E-state index < -0.39 is 0 Å². The average Bonchev–Trinajstić information content (AvgIpc) is 3.22. The molecule has 0 unspecified atom stereocenters. The van der Waals surface area contributed by atoms with Crippen LogP contribution in [0.2, 0.25) is 0 Å². The predicted molar refractivity (Wildman–Crippen MR) is 106 cm³/mol. The molecule has 7 heteroatoms. The Morgan fingerprint density at radius 3 is 2.59 bits per heavy atom. The van der Waals surface area contributed by atoms with Crippen LogP contribution in [0.25, 0.3) is 0 Å². The fourth-order valence-corrected chi connectivity index (χ4v) is 4.27. The first kappa shape index (κ1) is 19.4. The molecule has 0 spiro atoms. The summed E-state index contributed by atoms with van der Waals surface area (Å²) in [6.45, 7) is 2.35. The number of rotatable bonds is 4. The number of carbonyl (C=O) groups is 2. The van der Waals surface area contributed by atoms with Gasteiger partial charge in [0.25, 0.3) is 5.91 Å². The van der Waals surface area contributed by atoms with Crippen LogP contribution in [0.4, 0.5) is 4.39 Å². The molecular formula is C22H25FN4O2. The monoisotopic (exact) mass is 396 g/mol. The zero-order valence-corrected chi connectivity index (χ0v) is 16.3. The molecule has 2 aliphatic heterocycles. The van der Waals surface area contributed by atoms with Crippen LogP contribution < -0.4 is 0 Å². The average molecular weight is 396 g/mol. The molecule has 3 heterocycles. The van der Waals surface area contributed by atoms with Gasteiger partial charge < -0.3 is 9.80 Å². The summed E-state index contributed by atoms with van der Waals surface area (Å²) in [7, 11) is 0. The third kappa shape index (κ3) is 4.39. The van der Waals surface area contributed by atoms with Gasteiger partial charge in [-0.1, -0.05) is 24.3 Å². The van der Waals surface area contributed by atoms with E-state index in [1.165, 1.54) is 12.1 Å². The number of benzene rings is 1. The summed E-state index contributed by atoms with van der Waals surface area (Å²) in [5.41, 5.74) is 1.43. The minimum absolute atomic E-state index is 0.0361. The van der Waals surface area contributed by atoms with Crippen LogP contribution in [0.3, 0.4) is 0 Å². The van der Waals surface area contributed by atoms with Gasteiger partial charge in [0.2, 0.25) is 5.91 Å². The number of aromatic amines is 1. The second kappa shape index (κ2) is 8.59. The van der Waals surface area contributed by atoms with Crippen molar-refractivity contribution in [1.82, 2.24) is 20.0 Å². The molecule has 1 fully saturated rings. The van der Waals surface area contributed by atoms with Gasteiger partial charge in [-0.15, -0.1) is 0 Å². The molecule has 1 aromatic heterocycles. The number of halogens is 1. The predicted octanol–water partition coefficient (Wildman–Crippen LogP) is 3.01. The number of hydrogen-bond acceptors (Lipinski definition) is 3. The molecule has 1 N–H and O–H groups in total. The maximum absolute atomic E-state index is 13.2. The van der Waals surface area contributed by atoms with Crippen LogP contribution >= 0.6 is 0 Å². The maximum atomic E-state index is 13.2. The van der Waals surface area contributed by atoms with Crippen molar-refractivity contribution in [3.8, 4) is 0 Å². The van der Waals surface area contributed by atoms with Gasteiger partial charge in [-0.2, -0.15) is 5.10 Å². The summed E-state index contributed by atoms with van der Waals surface area (Å²) in [6.07, 6.45) is 8.07. The second-order valence-corrected chi connectivity index (χ2v) is 7.76. The lowest BCUT2D eigenvalue weighted by Crippen LogP contribution is -2.44. The van der Waals surface area contributed by atoms with Gasteiger partial charge in [0.15, 0.2) is 0 Å². The van der Waals surface area contributed by atoms with Crippen molar-refractivity contribution in [3.63, 3.8) is 0 Å². The van der Waals surface area contributed by atoms with E-state index in [0.29, 0.717) is 31.9 Å². The zero-order valence-electron chi connectivity index (χ0n) is 16.3. The van der Waals surface area contributed by atoms with Crippen molar-refractivity contribution in [2.24, 2.45) is 11.8 Å². The second-order valence-electron chi connectivity index (χ2n) is 7.76. The number of aromatic nitrogens is 2. The standard InChI is InChI=1S/C22H25FN4O2/c23-18-6-4-16(5-7-18)15-27-12-2-1-3-19(21(27)28)17-9-13-26(14-10-17)22(29)20-8-11-24-25-20/h1-2,4-8,11,17,19H,3,9-10,12-15H2,(H,24,25)/t19-/m1/s1. The molecule has 1 atom stereocenters. The van der Waals surface area contributed by atoms with Crippen LogP contribution in [-0.2, 0) is 11.3 Å². The third-order valence-electron chi connectivity index (χ3n) is 5.93. The highest BCUT2D eigenvalue weighted by Gasteiger charge is 2.35. The Hall–Kier alpha value is -2.96. The van der Waals surface area contributed by atoms with Gasteiger partial charge in [0.1, 0.15) is 11.5 Å². The molecule has 29 heavy (non-hydrogen) atoms. The molecule has 2 amide bonds. The fraction of sp³-hybridized carbons (Fsp3) is 0.409. The number of likely N-dealkylation sites (tertiary alicyclic amines) is 1. The van der Waals surface area contributed by atoms with Crippen LogP contribution in [0.5, 0.6) is 0 Å². The number of amides is 2. The SMILES string of the molecule is O=C(c1ccn[nH]1)N1CCC([C@H]2CC=CCN(Cc3ccc(F)cc3)C2=O)CC1. The quantitative estimate of drug-likeness (QED) is 0.808. The molecule has 6 nitrogen and oxygen atoms in total. The molecule has 1 aromatic carbocycles. The largest absolute Gasteiger partial charge is 0.337 e. The van der Waals surface area contributed by atoms with Gasteiger partial charge in [0, 0.05) is 38.3 Å². The first-order valence-corrected chi connectivity index (χ1v) is 10.1. The lowest BCUT2D eigenvalue weighted by molar-refractivity contribution is -0.137. The summed E-state index contributed by atoms with van der Waals surface area (Å²) in [5.74, 6) is 0.0270. The number of piperidine rings is 1. The van der Waals surface area contributed by atoms with E-state index in [1.54, 1.807) is 24.4 Å². The Bertz CT molecular complexity index is 871. The Kier molecular flexibility index (Phi) is 5.74. The molecule has 1 saturated heterocycles. The Morgan fingerprint density at radius 1 is 1.14 bits per heavy atom. The Labute approximate surface area is 169 Å². The van der Waals surface area contributed by atoms with Gasteiger partial charge >= 0.3 is 0 Å². The van der Waals surface area contributed by atoms with Crippen molar-refractivity contribution in [2.45, 2.75) is 25.8 Å². The van der Waals surface area contributed by atoms with Crippen molar-refractivity contribution >= 4 is 11.8 Å². The van der Waals surface area contributed by atoms with Gasteiger partial charge in [-0.05, 0) is 48.9 Å². The highest BCUT2D eigenvalue weighted by Crippen LogP contribution is 2.31. The van der Waals surface area contributed by atoms with Crippen LogP contribution in [0.1, 0.15) is 35.3 Å². The van der Waals surface area contributed by atoms with E-state index in [0.717, 1.165) is 24.8 Å². The first-order chi connectivity index (χ1) is 14.1.